The summed E-state index contributed by atoms with van der Waals surface area (Å²) in [5.74, 6) is 0. The molecule has 0 saturated carbocycles. The van der Waals surface area contributed by atoms with Gasteiger partial charge in [-0.15, -0.1) is 0 Å². The molecule has 0 aliphatic carbocycles. The summed E-state index contributed by atoms with van der Waals surface area (Å²) in [7, 11) is 0. The Bertz CT molecular complexity index is 159. The van der Waals surface area contributed by atoms with Crippen molar-refractivity contribution in [3.05, 3.63) is 36.0 Å². The van der Waals surface area contributed by atoms with Crippen LogP contribution < -0.4 is 0 Å². The van der Waals surface area contributed by atoms with Crippen LogP contribution in [0.5, 0.6) is 0 Å². The van der Waals surface area contributed by atoms with E-state index >= 15 is 0 Å². The highest BCUT2D eigenvalue weighted by Crippen LogP contribution is 2.12. The fourth-order valence-electron chi connectivity index (χ4n) is 0.856. The van der Waals surface area contributed by atoms with E-state index in [1.807, 2.05) is 6.08 Å². The van der Waals surface area contributed by atoms with Gasteiger partial charge in [0.2, 0.25) is 0 Å². The van der Waals surface area contributed by atoms with E-state index in [2.05, 4.69) is 39.5 Å². The Hall–Kier alpha value is -0.780. The second-order valence-corrected chi connectivity index (χ2v) is 2.25. The van der Waals surface area contributed by atoms with Crippen molar-refractivity contribution in [2.75, 3.05) is 0 Å². The average molecular weight is 136 g/mol. The first-order valence-electron chi connectivity index (χ1n) is 3.71. The average Bonchev–Trinajstić information content (AvgIpc) is 1.99. The lowest BCUT2D eigenvalue weighted by atomic mass is 10.1. The van der Waals surface area contributed by atoms with Crippen LogP contribution in [0, 0.1) is 0 Å². The van der Waals surface area contributed by atoms with Crippen LogP contribution in [0.2, 0.25) is 0 Å². The lowest BCUT2D eigenvalue weighted by Crippen LogP contribution is -1.81. The van der Waals surface area contributed by atoms with Crippen molar-refractivity contribution in [2.45, 2.75) is 27.2 Å². The van der Waals surface area contributed by atoms with Crippen LogP contribution in [0.25, 0.3) is 0 Å². The van der Waals surface area contributed by atoms with E-state index in [0.717, 1.165) is 6.42 Å². The topological polar surface area (TPSA) is 0 Å². The molecule has 0 bridgehead atoms. The zero-order chi connectivity index (χ0) is 7.98. The number of rotatable bonds is 3. The first kappa shape index (κ1) is 9.22. The van der Waals surface area contributed by atoms with Crippen molar-refractivity contribution in [1.29, 1.82) is 0 Å². The monoisotopic (exact) mass is 136 g/mol. The smallest absolute Gasteiger partial charge is 0.0305 e. The van der Waals surface area contributed by atoms with Crippen LogP contribution in [0.1, 0.15) is 27.2 Å². The molecule has 0 radical (unpaired) electrons. The predicted molar refractivity (Wildman–Crippen MR) is 48.0 cm³/mol. The maximum absolute atomic E-state index is 3.66. The third-order valence-corrected chi connectivity index (χ3v) is 1.64. The molecule has 0 rings (SSSR count). The van der Waals surface area contributed by atoms with E-state index in [1.54, 1.807) is 0 Å². The SMILES string of the molecule is C=C/C=C(CC)\C(C)=C/C. The summed E-state index contributed by atoms with van der Waals surface area (Å²) in [6.45, 7) is 10.00. The Morgan fingerprint density at radius 1 is 1.50 bits per heavy atom. The summed E-state index contributed by atoms with van der Waals surface area (Å²) in [6.07, 6.45) is 7.11. The van der Waals surface area contributed by atoms with Gasteiger partial charge in [0.25, 0.3) is 0 Å². The van der Waals surface area contributed by atoms with E-state index in [-0.39, 0.29) is 0 Å². The van der Waals surface area contributed by atoms with Gasteiger partial charge in [-0.1, -0.05) is 37.3 Å². The molecule has 0 aliphatic rings. The molecule has 0 aliphatic heterocycles. The van der Waals surface area contributed by atoms with Gasteiger partial charge in [-0.05, 0) is 25.8 Å². The Morgan fingerprint density at radius 2 is 2.10 bits per heavy atom. The van der Waals surface area contributed by atoms with Crippen LogP contribution in [-0.2, 0) is 0 Å². The third-order valence-electron chi connectivity index (χ3n) is 1.64. The molecule has 0 aromatic carbocycles. The molecule has 0 heterocycles. The zero-order valence-corrected chi connectivity index (χ0v) is 7.15. The van der Waals surface area contributed by atoms with Gasteiger partial charge in [-0.2, -0.15) is 0 Å². The van der Waals surface area contributed by atoms with Crippen molar-refractivity contribution < 1.29 is 0 Å². The van der Waals surface area contributed by atoms with Gasteiger partial charge in [-0.3, -0.25) is 0 Å². The second-order valence-electron chi connectivity index (χ2n) is 2.25. The van der Waals surface area contributed by atoms with Crippen LogP contribution in [0.4, 0.5) is 0 Å². The van der Waals surface area contributed by atoms with Gasteiger partial charge in [0.15, 0.2) is 0 Å². The quantitative estimate of drug-likeness (QED) is 0.521. The van der Waals surface area contributed by atoms with E-state index in [4.69, 9.17) is 0 Å². The van der Waals surface area contributed by atoms with Gasteiger partial charge in [0.05, 0.1) is 0 Å². The molecular formula is C10H16. The molecule has 0 unspecified atom stereocenters. The molecule has 0 atom stereocenters. The molecule has 0 N–H and O–H groups in total. The summed E-state index contributed by atoms with van der Waals surface area (Å²) in [6, 6.07) is 0. The molecule has 56 valence electrons. The van der Waals surface area contributed by atoms with E-state index in [1.165, 1.54) is 11.1 Å². The third kappa shape index (κ3) is 2.67. The highest BCUT2D eigenvalue weighted by Gasteiger charge is 1.91. The first-order chi connectivity index (χ1) is 4.76. The molecule has 0 heteroatoms. The van der Waals surface area contributed by atoms with Crippen molar-refractivity contribution >= 4 is 0 Å². The Labute approximate surface area is 64.0 Å². The molecule has 0 spiro atoms. The normalized spacial score (nSPS) is 13.5. The van der Waals surface area contributed by atoms with Crippen LogP contribution in [0.3, 0.4) is 0 Å². The van der Waals surface area contributed by atoms with E-state index in [9.17, 15) is 0 Å². The fourth-order valence-corrected chi connectivity index (χ4v) is 0.856. The van der Waals surface area contributed by atoms with E-state index in [0.29, 0.717) is 0 Å². The Kier molecular flexibility index (Phi) is 4.65. The molecule has 0 aromatic heterocycles. The van der Waals surface area contributed by atoms with Crippen molar-refractivity contribution in [2.24, 2.45) is 0 Å². The lowest BCUT2D eigenvalue weighted by molar-refractivity contribution is 1.10. The van der Waals surface area contributed by atoms with Crippen molar-refractivity contribution in [3.8, 4) is 0 Å². The van der Waals surface area contributed by atoms with Gasteiger partial charge < -0.3 is 0 Å². The molecule has 0 nitrogen and oxygen atoms in total. The highest BCUT2D eigenvalue weighted by atomic mass is 14.0. The highest BCUT2D eigenvalue weighted by molar-refractivity contribution is 5.30. The standard InChI is InChI=1S/C10H16/c1-5-8-10(7-3)9(4)6-2/h5-6,8H,1,7H2,2-4H3/b9-6-,10-8-. The summed E-state index contributed by atoms with van der Waals surface area (Å²) in [5.41, 5.74) is 2.72. The molecule has 10 heavy (non-hydrogen) atoms. The van der Waals surface area contributed by atoms with Gasteiger partial charge in [0.1, 0.15) is 0 Å². The van der Waals surface area contributed by atoms with Gasteiger partial charge in [-0.25, -0.2) is 0 Å². The minimum Gasteiger partial charge on any atom is -0.0991 e. The minimum absolute atomic E-state index is 1.09. The number of allylic oxidation sites excluding steroid dienone is 5. The predicted octanol–water partition coefficient (Wildman–Crippen LogP) is 3.48. The summed E-state index contributed by atoms with van der Waals surface area (Å²) in [5, 5.41) is 0. The molecular weight excluding hydrogens is 120 g/mol. The Balaban J connectivity index is 4.35. The first-order valence-corrected chi connectivity index (χ1v) is 3.71. The van der Waals surface area contributed by atoms with Crippen LogP contribution >= 0.6 is 0 Å². The molecule has 0 fully saturated rings. The van der Waals surface area contributed by atoms with Crippen molar-refractivity contribution in [1.82, 2.24) is 0 Å². The molecule has 0 aromatic rings. The summed E-state index contributed by atoms with van der Waals surface area (Å²) in [4.78, 5) is 0. The summed E-state index contributed by atoms with van der Waals surface area (Å²) < 4.78 is 0. The molecule has 0 amide bonds. The van der Waals surface area contributed by atoms with Crippen LogP contribution in [-0.4, -0.2) is 0 Å². The summed E-state index contributed by atoms with van der Waals surface area (Å²) >= 11 is 0. The van der Waals surface area contributed by atoms with E-state index < -0.39 is 0 Å². The van der Waals surface area contributed by atoms with Gasteiger partial charge in [0, 0.05) is 0 Å². The number of hydrogen-bond acceptors (Lipinski definition) is 0. The largest absolute Gasteiger partial charge is 0.0991 e. The lowest BCUT2D eigenvalue weighted by Gasteiger charge is -2.01. The zero-order valence-electron chi connectivity index (χ0n) is 7.15. The maximum Gasteiger partial charge on any atom is -0.0305 e. The second kappa shape index (κ2) is 5.04. The minimum atomic E-state index is 1.09. The van der Waals surface area contributed by atoms with Crippen LogP contribution in [0.15, 0.2) is 36.0 Å². The Morgan fingerprint density at radius 3 is 2.40 bits per heavy atom. The molecule has 0 saturated heterocycles. The number of hydrogen-bond donors (Lipinski definition) is 0. The van der Waals surface area contributed by atoms with Crippen molar-refractivity contribution in [3.63, 3.8) is 0 Å². The fraction of sp³-hybridized carbons (Fsp3) is 0.400. The maximum atomic E-state index is 3.66. The van der Waals surface area contributed by atoms with Gasteiger partial charge >= 0.3 is 0 Å².